The molecule has 1 saturated carbocycles. The highest BCUT2D eigenvalue weighted by Crippen LogP contribution is 2.37. The topological polar surface area (TPSA) is 127 Å². The summed E-state index contributed by atoms with van der Waals surface area (Å²) in [5.41, 5.74) is 0.559. The van der Waals surface area contributed by atoms with E-state index in [0.717, 1.165) is 21.9 Å². The van der Waals surface area contributed by atoms with Crippen molar-refractivity contribution in [3.05, 3.63) is 89.1 Å². The van der Waals surface area contributed by atoms with Crippen LogP contribution < -0.4 is 15.1 Å². The number of nitrogens with one attached hydrogen (secondary N) is 1. The normalized spacial score (nSPS) is 20.4. The number of hydrogen-bond donors (Lipinski definition) is 2. The lowest BCUT2D eigenvalue weighted by Crippen LogP contribution is -2.53. The minimum atomic E-state index is -2.87. The van der Waals surface area contributed by atoms with Gasteiger partial charge in [0.1, 0.15) is 35.6 Å². The van der Waals surface area contributed by atoms with E-state index in [0.29, 0.717) is 11.6 Å². The van der Waals surface area contributed by atoms with Gasteiger partial charge < -0.3 is 10.4 Å². The Labute approximate surface area is 256 Å². The number of alkyl halides is 2. The van der Waals surface area contributed by atoms with Crippen LogP contribution in [-0.4, -0.2) is 51.9 Å². The van der Waals surface area contributed by atoms with Crippen molar-refractivity contribution in [3.8, 4) is 6.07 Å². The van der Waals surface area contributed by atoms with Crippen molar-refractivity contribution in [1.29, 1.82) is 5.26 Å². The summed E-state index contributed by atoms with van der Waals surface area (Å²) < 4.78 is 57.1. The van der Waals surface area contributed by atoms with Gasteiger partial charge in [0.2, 0.25) is 11.8 Å². The van der Waals surface area contributed by atoms with Crippen molar-refractivity contribution in [2.45, 2.75) is 69.2 Å². The highest BCUT2D eigenvalue weighted by molar-refractivity contribution is 6.12. The monoisotopic (exact) mass is 623 g/mol. The number of carbonyl (C=O) groups excluding carboxylic acids is 3. The van der Waals surface area contributed by atoms with Gasteiger partial charge in [0.15, 0.2) is 0 Å². The fourth-order valence-electron chi connectivity index (χ4n) is 5.83. The predicted octanol–water partition coefficient (Wildman–Crippen LogP) is 4.47. The van der Waals surface area contributed by atoms with Crippen LogP contribution in [0.1, 0.15) is 54.8 Å². The Morgan fingerprint density at radius 1 is 1.11 bits per heavy atom. The number of hydrogen-bond acceptors (Lipinski definition) is 6. The van der Waals surface area contributed by atoms with Gasteiger partial charge in [0.25, 0.3) is 11.8 Å². The average molecular weight is 624 g/mol. The van der Waals surface area contributed by atoms with Crippen molar-refractivity contribution in [2.75, 3.05) is 9.80 Å². The second kappa shape index (κ2) is 12.6. The molecule has 1 saturated heterocycles. The average Bonchev–Trinajstić information content (AvgIpc) is 3.30. The predicted molar refractivity (Wildman–Crippen MR) is 154 cm³/mol. The zero-order chi connectivity index (χ0) is 32.5. The third-order valence-corrected chi connectivity index (χ3v) is 8.10. The Morgan fingerprint density at radius 3 is 2.42 bits per heavy atom. The molecule has 45 heavy (non-hydrogen) atoms. The van der Waals surface area contributed by atoms with Crippen LogP contribution in [0.2, 0.25) is 0 Å². The molecule has 0 bridgehead atoms. The van der Waals surface area contributed by atoms with Crippen molar-refractivity contribution >= 4 is 29.2 Å². The standard InChI is InChI=1S/C32H29F4N5O4/c1-18-4-2-3-5-24(18)28(29(43)39-22-6-9-32(35,36)10-7-22)40(23-14-20(33)13-21(34)15-23)30(44)25-16-26(42)31(45)41(25)27-12-19(17-37)8-11-38-27/h2-5,8,11-15,22,25-26,28,42H,6-7,9-10,16H2,1H3,(H,39,43)/t25-,26+,28+/m0/s1. The van der Waals surface area contributed by atoms with Gasteiger partial charge >= 0.3 is 0 Å². The molecule has 2 aliphatic rings. The van der Waals surface area contributed by atoms with E-state index in [1.165, 1.54) is 18.3 Å². The van der Waals surface area contributed by atoms with Gasteiger partial charge in [-0.1, -0.05) is 24.3 Å². The summed E-state index contributed by atoms with van der Waals surface area (Å²) in [6, 6.07) is 9.59. The van der Waals surface area contributed by atoms with E-state index in [9.17, 15) is 42.3 Å². The minimum absolute atomic E-state index is 0.0280. The summed E-state index contributed by atoms with van der Waals surface area (Å²) in [6.45, 7) is 1.66. The number of aromatic nitrogens is 1. The number of aryl methyl sites for hydroxylation is 1. The third-order valence-electron chi connectivity index (χ3n) is 8.10. The van der Waals surface area contributed by atoms with Crippen LogP contribution in [-0.2, 0) is 14.4 Å². The molecule has 1 aliphatic heterocycles. The van der Waals surface area contributed by atoms with E-state index in [-0.39, 0.29) is 35.5 Å². The molecule has 1 aromatic heterocycles. The summed E-state index contributed by atoms with van der Waals surface area (Å²) in [5.74, 6) is -7.77. The van der Waals surface area contributed by atoms with Gasteiger partial charge in [-0.3, -0.25) is 24.2 Å². The molecule has 234 valence electrons. The van der Waals surface area contributed by atoms with Gasteiger partial charge in [-0.25, -0.2) is 22.5 Å². The van der Waals surface area contributed by atoms with Gasteiger partial charge in [-0.05, 0) is 55.2 Å². The zero-order valence-corrected chi connectivity index (χ0v) is 24.1. The lowest BCUT2D eigenvalue weighted by molar-refractivity contribution is -0.128. The minimum Gasteiger partial charge on any atom is -0.383 e. The van der Waals surface area contributed by atoms with Crippen LogP contribution in [0.15, 0.2) is 60.8 Å². The van der Waals surface area contributed by atoms with Crippen LogP contribution in [0.4, 0.5) is 29.1 Å². The van der Waals surface area contributed by atoms with E-state index in [2.05, 4.69) is 10.3 Å². The molecule has 3 atom stereocenters. The quantitative estimate of drug-likeness (QED) is 0.374. The lowest BCUT2D eigenvalue weighted by atomic mass is 9.91. The number of benzene rings is 2. The van der Waals surface area contributed by atoms with Crippen LogP contribution >= 0.6 is 0 Å². The molecule has 3 amide bonds. The SMILES string of the molecule is Cc1ccccc1[C@H](C(=O)NC1CCC(F)(F)CC1)N(C(=O)[C@@H]1C[C@@H](O)C(=O)N1c1cc(C#N)ccn1)c1cc(F)cc(F)c1. The van der Waals surface area contributed by atoms with Crippen LogP contribution in [0.5, 0.6) is 0 Å². The second-order valence-corrected chi connectivity index (χ2v) is 11.2. The largest absolute Gasteiger partial charge is 0.383 e. The summed E-state index contributed by atoms with van der Waals surface area (Å²) in [4.78, 5) is 47.8. The van der Waals surface area contributed by atoms with Crippen molar-refractivity contribution in [3.63, 3.8) is 0 Å². The zero-order valence-electron chi connectivity index (χ0n) is 24.1. The molecule has 0 unspecified atom stereocenters. The summed E-state index contributed by atoms with van der Waals surface area (Å²) in [7, 11) is 0. The van der Waals surface area contributed by atoms with Crippen LogP contribution in [0.25, 0.3) is 0 Å². The molecule has 0 radical (unpaired) electrons. The van der Waals surface area contributed by atoms with Crippen molar-refractivity contribution in [1.82, 2.24) is 10.3 Å². The summed E-state index contributed by atoms with van der Waals surface area (Å²) in [6.07, 6.45) is -1.83. The van der Waals surface area contributed by atoms with E-state index < -0.39 is 78.8 Å². The van der Waals surface area contributed by atoms with Crippen LogP contribution in [0.3, 0.4) is 0 Å². The van der Waals surface area contributed by atoms with E-state index in [1.54, 1.807) is 31.2 Å². The molecular weight excluding hydrogens is 594 g/mol. The molecule has 13 heteroatoms. The molecule has 2 heterocycles. The highest BCUT2D eigenvalue weighted by Gasteiger charge is 2.48. The molecule has 2 N–H and O–H groups in total. The molecule has 1 aliphatic carbocycles. The van der Waals surface area contributed by atoms with Crippen molar-refractivity contribution in [2.24, 2.45) is 0 Å². The molecule has 2 fully saturated rings. The van der Waals surface area contributed by atoms with Crippen molar-refractivity contribution < 1.29 is 37.1 Å². The Balaban J connectivity index is 1.63. The lowest BCUT2D eigenvalue weighted by Gasteiger charge is -2.37. The maximum atomic E-state index is 14.7. The Hall–Kier alpha value is -4.83. The second-order valence-electron chi connectivity index (χ2n) is 11.2. The molecule has 0 spiro atoms. The first kappa shape index (κ1) is 31.6. The third kappa shape index (κ3) is 6.66. The first-order valence-electron chi connectivity index (χ1n) is 14.3. The number of rotatable bonds is 7. The molecule has 5 rings (SSSR count). The molecular formula is C32H29F4N5O4. The maximum Gasteiger partial charge on any atom is 0.257 e. The summed E-state index contributed by atoms with van der Waals surface area (Å²) >= 11 is 0. The molecule has 3 aromatic rings. The van der Waals surface area contributed by atoms with Gasteiger partial charge in [-0.2, -0.15) is 5.26 Å². The molecule has 2 aromatic carbocycles. The van der Waals surface area contributed by atoms with E-state index in [4.69, 9.17) is 0 Å². The number of aliphatic hydroxyl groups excluding tert-OH is 1. The fraction of sp³-hybridized carbons (Fsp3) is 0.344. The van der Waals surface area contributed by atoms with E-state index in [1.807, 2.05) is 6.07 Å². The fourth-order valence-corrected chi connectivity index (χ4v) is 5.83. The number of aliphatic hydroxyl groups is 1. The molecule has 9 nitrogen and oxygen atoms in total. The first-order chi connectivity index (χ1) is 21.4. The number of anilines is 2. The highest BCUT2D eigenvalue weighted by atomic mass is 19.3. The van der Waals surface area contributed by atoms with Crippen LogP contribution in [0, 0.1) is 29.9 Å². The van der Waals surface area contributed by atoms with Gasteiger partial charge in [-0.15, -0.1) is 0 Å². The van der Waals surface area contributed by atoms with Gasteiger partial charge in [0, 0.05) is 37.6 Å². The maximum absolute atomic E-state index is 14.7. The number of amides is 3. The van der Waals surface area contributed by atoms with E-state index >= 15 is 0 Å². The summed E-state index contributed by atoms with van der Waals surface area (Å²) in [5, 5.41) is 22.7. The number of nitriles is 1. The van der Waals surface area contributed by atoms with Gasteiger partial charge in [0.05, 0.1) is 17.3 Å². The Morgan fingerprint density at radius 2 is 1.78 bits per heavy atom. The number of nitrogens with zero attached hydrogens (tertiary/aromatic N) is 4. The first-order valence-corrected chi connectivity index (χ1v) is 14.3. The Bertz CT molecular complexity index is 1650. The smallest absolute Gasteiger partial charge is 0.257 e. The number of pyridine rings is 1. The number of halogens is 4. The number of carbonyl (C=O) groups is 3. The Kier molecular flexibility index (Phi) is 8.88.